The molecule has 6 nitrogen and oxygen atoms in total. The highest BCUT2D eigenvalue weighted by Crippen LogP contribution is 2.35. The predicted molar refractivity (Wildman–Crippen MR) is 110 cm³/mol. The molecular weight excluding hydrogens is 354 g/mol. The zero-order valence-corrected chi connectivity index (χ0v) is 16.4. The standard InChI is InChI=1S/C22H27N3O3/c1-3-4-8-21-19-10-9-18(12-20(19)22(26)28-21)24-14-17-7-5-6-16(11-17)13-23-15(2)25-27/h5-7,9-12,21,24,27H,3-4,8,13-14H2,1-2H3,(H,23,25). The van der Waals surface area contributed by atoms with E-state index >= 15 is 0 Å². The minimum atomic E-state index is -0.229. The number of aliphatic imine (C=N–C) groups is 1. The predicted octanol–water partition coefficient (Wildman–Crippen LogP) is 4.60. The Morgan fingerprint density at radius 2 is 2.04 bits per heavy atom. The lowest BCUT2D eigenvalue weighted by Crippen LogP contribution is -2.14. The third-order valence-corrected chi connectivity index (χ3v) is 4.84. The Morgan fingerprint density at radius 1 is 1.21 bits per heavy atom. The first-order valence-corrected chi connectivity index (χ1v) is 9.68. The van der Waals surface area contributed by atoms with E-state index in [0.717, 1.165) is 41.6 Å². The van der Waals surface area contributed by atoms with E-state index in [-0.39, 0.29) is 12.1 Å². The maximum atomic E-state index is 12.2. The summed E-state index contributed by atoms with van der Waals surface area (Å²) in [5.74, 6) is 0.248. The molecule has 28 heavy (non-hydrogen) atoms. The second-order valence-electron chi connectivity index (χ2n) is 7.03. The van der Waals surface area contributed by atoms with Crippen LogP contribution in [0.1, 0.15) is 66.3 Å². The fourth-order valence-electron chi connectivity index (χ4n) is 3.27. The van der Waals surface area contributed by atoms with Crippen LogP contribution in [0.25, 0.3) is 0 Å². The Morgan fingerprint density at radius 3 is 2.82 bits per heavy atom. The molecule has 2 aromatic rings. The van der Waals surface area contributed by atoms with Gasteiger partial charge in [-0.3, -0.25) is 15.7 Å². The van der Waals surface area contributed by atoms with Gasteiger partial charge in [-0.2, -0.15) is 0 Å². The molecule has 0 amide bonds. The Hall–Kier alpha value is -2.86. The number of esters is 1. The minimum Gasteiger partial charge on any atom is -0.454 e. The van der Waals surface area contributed by atoms with Gasteiger partial charge in [0, 0.05) is 17.8 Å². The van der Waals surface area contributed by atoms with E-state index in [2.05, 4.69) is 23.3 Å². The van der Waals surface area contributed by atoms with E-state index in [4.69, 9.17) is 9.94 Å². The van der Waals surface area contributed by atoms with Crippen molar-refractivity contribution >= 4 is 17.5 Å². The largest absolute Gasteiger partial charge is 0.454 e. The van der Waals surface area contributed by atoms with Crippen molar-refractivity contribution in [1.29, 1.82) is 0 Å². The normalized spacial score (nSPS) is 15.9. The third kappa shape index (κ3) is 4.89. The summed E-state index contributed by atoms with van der Waals surface area (Å²) in [6.45, 7) is 4.98. The monoisotopic (exact) mass is 381 g/mol. The van der Waals surface area contributed by atoms with Crippen LogP contribution in [0.2, 0.25) is 0 Å². The number of hydroxylamine groups is 1. The number of hydrogen-bond acceptors (Lipinski definition) is 5. The number of cyclic esters (lactones) is 1. The number of carbonyl (C=O) groups excluding carboxylic acids is 1. The summed E-state index contributed by atoms with van der Waals surface area (Å²) in [5.41, 5.74) is 6.78. The Bertz CT molecular complexity index is 864. The van der Waals surface area contributed by atoms with Gasteiger partial charge < -0.3 is 10.1 Å². The Balaban J connectivity index is 1.64. The first-order valence-electron chi connectivity index (χ1n) is 9.68. The molecule has 1 aliphatic heterocycles. The molecule has 0 spiro atoms. The first-order chi connectivity index (χ1) is 13.6. The van der Waals surface area contributed by atoms with Crippen LogP contribution in [-0.4, -0.2) is 17.0 Å². The minimum absolute atomic E-state index is 0.106. The van der Waals surface area contributed by atoms with E-state index in [9.17, 15) is 4.79 Å². The van der Waals surface area contributed by atoms with Crippen LogP contribution in [0.3, 0.4) is 0 Å². The zero-order valence-electron chi connectivity index (χ0n) is 16.4. The van der Waals surface area contributed by atoms with Gasteiger partial charge in [0.05, 0.1) is 12.1 Å². The molecule has 3 rings (SSSR count). The number of unbranched alkanes of at least 4 members (excludes halogenated alkanes) is 1. The van der Waals surface area contributed by atoms with Gasteiger partial charge >= 0.3 is 5.97 Å². The summed E-state index contributed by atoms with van der Waals surface area (Å²) in [4.78, 5) is 16.4. The lowest BCUT2D eigenvalue weighted by molar-refractivity contribution is 0.0364. The lowest BCUT2D eigenvalue weighted by Gasteiger charge is -2.11. The molecule has 2 aromatic carbocycles. The highest BCUT2D eigenvalue weighted by atomic mass is 16.5. The van der Waals surface area contributed by atoms with Gasteiger partial charge in [-0.25, -0.2) is 4.79 Å². The third-order valence-electron chi connectivity index (χ3n) is 4.84. The summed E-state index contributed by atoms with van der Waals surface area (Å²) in [5, 5.41) is 12.2. The average Bonchev–Trinajstić information content (AvgIpc) is 3.04. The molecule has 148 valence electrons. The lowest BCUT2D eigenvalue weighted by atomic mass is 10.0. The number of anilines is 1. The molecule has 1 aliphatic rings. The van der Waals surface area contributed by atoms with Crippen molar-refractivity contribution < 1.29 is 14.7 Å². The molecule has 0 fully saturated rings. The summed E-state index contributed by atoms with van der Waals surface area (Å²) in [7, 11) is 0. The molecule has 0 aliphatic carbocycles. The number of rotatable bonds is 8. The molecule has 0 radical (unpaired) electrons. The van der Waals surface area contributed by atoms with E-state index < -0.39 is 0 Å². The van der Waals surface area contributed by atoms with Crippen molar-refractivity contribution in [1.82, 2.24) is 5.48 Å². The fourth-order valence-corrected chi connectivity index (χ4v) is 3.27. The summed E-state index contributed by atoms with van der Waals surface area (Å²) < 4.78 is 5.52. The maximum Gasteiger partial charge on any atom is 0.339 e. The first kappa shape index (κ1) is 19.9. The van der Waals surface area contributed by atoms with Crippen LogP contribution in [0.15, 0.2) is 47.5 Å². The second-order valence-corrected chi connectivity index (χ2v) is 7.03. The van der Waals surface area contributed by atoms with Crippen molar-refractivity contribution in [3.8, 4) is 0 Å². The van der Waals surface area contributed by atoms with Gasteiger partial charge in [-0.1, -0.05) is 43.7 Å². The van der Waals surface area contributed by atoms with Crippen molar-refractivity contribution in [3.05, 3.63) is 64.7 Å². The summed E-state index contributed by atoms with van der Waals surface area (Å²) in [6.07, 6.45) is 2.91. The number of carbonyl (C=O) groups is 1. The van der Waals surface area contributed by atoms with Gasteiger partial charge in [-0.15, -0.1) is 0 Å². The fraction of sp³-hybridized carbons (Fsp3) is 0.364. The average molecular weight is 381 g/mol. The van der Waals surface area contributed by atoms with Gasteiger partial charge in [0.1, 0.15) is 11.9 Å². The zero-order chi connectivity index (χ0) is 19.9. The number of ether oxygens (including phenoxy) is 1. The Kier molecular flexibility index (Phi) is 6.66. The van der Waals surface area contributed by atoms with Gasteiger partial charge in [-0.05, 0) is 43.0 Å². The van der Waals surface area contributed by atoms with E-state index in [0.29, 0.717) is 24.5 Å². The number of fused-ring (bicyclic) bond motifs is 1. The highest BCUT2D eigenvalue weighted by Gasteiger charge is 2.30. The Labute approximate surface area is 165 Å². The summed E-state index contributed by atoms with van der Waals surface area (Å²) >= 11 is 0. The van der Waals surface area contributed by atoms with Gasteiger partial charge in [0.25, 0.3) is 0 Å². The van der Waals surface area contributed by atoms with Crippen LogP contribution in [0.5, 0.6) is 0 Å². The molecular formula is C22H27N3O3. The van der Waals surface area contributed by atoms with Crippen LogP contribution in [0, 0.1) is 0 Å². The van der Waals surface area contributed by atoms with Crippen LogP contribution >= 0.6 is 0 Å². The van der Waals surface area contributed by atoms with Crippen molar-refractivity contribution in [2.24, 2.45) is 4.99 Å². The second kappa shape index (κ2) is 9.37. The van der Waals surface area contributed by atoms with E-state index in [1.165, 1.54) is 0 Å². The highest BCUT2D eigenvalue weighted by molar-refractivity contribution is 5.95. The summed E-state index contributed by atoms with van der Waals surface area (Å²) in [6, 6.07) is 14.0. The molecule has 1 heterocycles. The smallest absolute Gasteiger partial charge is 0.339 e. The quantitative estimate of drug-likeness (QED) is 0.269. The number of nitrogens with one attached hydrogen (secondary N) is 2. The molecule has 6 heteroatoms. The van der Waals surface area contributed by atoms with Gasteiger partial charge in [0.15, 0.2) is 0 Å². The van der Waals surface area contributed by atoms with Crippen molar-refractivity contribution in [3.63, 3.8) is 0 Å². The van der Waals surface area contributed by atoms with Gasteiger partial charge in [0.2, 0.25) is 0 Å². The molecule has 0 saturated heterocycles. The van der Waals surface area contributed by atoms with Crippen molar-refractivity contribution in [2.75, 3.05) is 5.32 Å². The van der Waals surface area contributed by atoms with E-state index in [1.54, 1.807) is 6.92 Å². The van der Waals surface area contributed by atoms with Crippen LogP contribution in [-0.2, 0) is 17.8 Å². The number of benzene rings is 2. The SMILES string of the molecule is CCCCC1OC(=O)c2cc(NCc3cccc(CN=C(C)NO)c3)ccc21. The molecule has 1 unspecified atom stereocenters. The van der Waals surface area contributed by atoms with Crippen LogP contribution < -0.4 is 10.8 Å². The number of nitrogens with zero attached hydrogens (tertiary/aromatic N) is 1. The molecule has 3 N–H and O–H groups in total. The molecule has 1 atom stereocenters. The molecule has 0 saturated carbocycles. The topological polar surface area (TPSA) is 83.0 Å². The van der Waals surface area contributed by atoms with E-state index in [1.807, 2.05) is 41.9 Å². The molecule has 0 bridgehead atoms. The van der Waals surface area contributed by atoms with Crippen LogP contribution in [0.4, 0.5) is 5.69 Å². The number of hydrogen-bond donors (Lipinski definition) is 3. The maximum absolute atomic E-state index is 12.2. The van der Waals surface area contributed by atoms with Crippen molar-refractivity contribution in [2.45, 2.75) is 52.3 Å². The number of amidine groups is 1. The molecule has 0 aromatic heterocycles.